The Morgan fingerprint density at radius 2 is 2.12 bits per heavy atom. The molecular formula is C12H10BrNO2. The van der Waals surface area contributed by atoms with Gasteiger partial charge in [0.05, 0.1) is 5.56 Å². The number of nitrogens with two attached hydrogens (primary N) is 1. The minimum absolute atomic E-state index is 0.0799. The number of ketones is 1. The van der Waals surface area contributed by atoms with Gasteiger partial charge in [-0.1, -0.05) is 0 Å². The van der Waals surface area contributed by atoms with Crippen molar-refractivity contribution in [2.24, 2.45) is 0 Å². The normalized spacial score (nSPS) is 10.4. The first-order chi connectivity index (χ1) is 7.58. The number of aryl methyl sites for hydroxylation is 1. The second-order valence-corrected chi connectivity index (χ2v) is 4.37. The Hall–Kier alpha value is -1.55. The Kier molecular flexibility index (Phi) is 2.83. The molecule has 0 aliphatic carbocycles. The molecule has 0 aliphatic heterocycles. The molecule has 2 N–H and O–H groups in total. The predicted octanol–water partition coefficient (Wildman–Crippen LogP) is 3.16. The molecule has 0 unspecified atom stereocenters. The molecule has 0 radical (unpaired) electrons. The molecule has 2 aromatic rings. The van der Waals surface area contributed by atoms with Gasteiger partial charge in [0, 0.05) is 15.7 Å². The summed E-state index contributed by atoms with van der Waals surface area (Å²) >= 11 is 3.32. The van der Waals surface area contributed by atoms with Crippen LogP contribution in [0.1, 0.15) is 21.7 Å². The van der Waals surface area contributed by atoms with Gasteiger partial charge in [-0.3, -0.25) is 4.79 Å². The molecule has 0 bridgehead atoms. The van der Waals surface area contributed by atoms with Gasteiger partial charge >= 0.3 is 0 Å². The fraction of sp³-hybridized carbons (Fsp3) is 0.0833. The van der Waals surface area contributed by atoms with Crippen molar-refractivity contribution in [3.05, 3.63) is 51.9 Å². The molecule has 0 aliphatic rings. The highest BCUT2D eigenvalue weighted by Gasteiger charge is 2.14. The van der Waals surface area contributed by atoms with Crippen LogP contribution in [0.25, 0.3) is 0 Å². The molecule has 0 saturated carbocycles. The van der Waals surface area contributed by atoms with Crippen molar-refractivity contribution in [2.45, 2.75) is 6.92 Å². The Balaban J connectivity index is 2.41. The van der Waals surface area contributed by atoms with E-state index in [-0.39, 0.29) is 5.78 Å². The maximum absolute atomic E-state index is 12.1. The number of halogens is 1. The number of carbonyl (C=O) groups excluding carboxylic acids is 1. The zero-order chi connectivity index (χ0) is 11.7. The van der Waals surface area contributed by atoms with Crippen molar-refractivity contribution < 1.29 is 9.21 Å². The van der Waals surface area contributed by atoms with Gasteiger partial charge in [0.1, 0.15) is 12.0 Å². The zero-order valence-electron chi connectivity index (χ0n) is 8.66. The van der Waals surface area contributed by atoms with Crippen LogP contribution in [0.4, 0.5) is 5.69 Å². The van der Waals surface area contributed by atoms with Crippen molar-refractivity contribution in [1.82, 2.24) is 0 Å². The molecular weight excluding hydrogens is 270 g/mol. The summed E-state index contributed by atoms with van der Waals surface area (Å²) in [5.74, 6) is 0.638. The molecule has 4 heteroatoms. The molecule has 0 spiro atoms. The quantitative estimate of drug-likeness (QED) is 0.679. The van der Waals surface area contributed by atoms with E-state index < -0.39 is 0 Å². The molecule has 2 rings (SSSR count). The average Bonchev–Trinajstić information content (AvgIpc) is 2.64. The smallest absolute Gasteiger partial charge is 0.197 e. The maximum Gasteiger partial charge on any atom is 0.197 e. The molecule has 1 aromatic carbocycles. The third-order valence-electron chi connectivity index (χ3n) is 2.23. The number of rotatable bonds is 2. The van der Waals surface area contributed by atoms with Crippen LogP contribution >= 0.6 is 15.9 Å². The van der Waals surface area contributed by atoms with Crippen molar-refractivity contribution in [1.29, 1.82) is 0 Å². The summed E-state index contributed by atoms with van der Waals surface area (Å²) in [6.07, 6.45) is 1.46. The summed E-state index contributed by atoms with van der Waals surface area (Å²) in [6, 6.07) is 6.82. The predicted molar refractivity (Wildman–Crippen MR) is 65.4 cm³/mol. The summed E-state index contributed by atoms with van der Waals surface area (Å²) in [7, 11) is 0. The van der Waals surface area contributed by atoms with Crippen LogP contribution in [0, 0.1) is 6.92 Å². The molecule has 16 heavy (non-hydrogen) atoms. The average molecular weight is 280 g/mol. The van der Waals surface area contributed by atoms with Crippen molar-refractivity contribution in [3.8, 4) is 0 Å². The number of hydrogen-bond donors (Lipinski definition) is 1. The summed E-state index contributed by atoms with van der Waals surface area (Å²) in [6.45, 7) is 1.80. The molecule has 1 heterocycles. The van der Waals surface area contributed by atoms with Gasteiger partial charge < -0.3 is 10.2 Å². The van der Waals surface area contributed by atoms with E-state index in [1.54, 1.807) is 31.2 Å². The van der Waals surface area contributed by atoms with Crippen molar-refractivity contribution >= 4 is 27.4 Å². The summed E-state index contributed by atoms with van der Waals surface area (Å²) in [4.78, 5) is 12.1. The monoisotopic (exact) mass is 279 g/mol. The Morgan fingerprint density at radius 3 is 2.69 bits per heavy atom. The molecule has 1 aromatic heterocycles. The number of carbonyl (C=O) groups is 1. The minimum Gasteiger partial charge on any atom is -0.469 e. The minimum atomic E-state index is -0.0799. The second-order valence-electron chi connectivity index (χ2n) is 3.51. The first-order valence-corrected chi connectivity index (χ1v) is 5.52. The molecule has 0 amide bonds. The SMILES string of the molecule is Cc1cc(C(=O)c2ccc(N)cc2Br)co1. The first kappa shape index (κ1) is 11.0. The van der Waals surface area contributed by atoms with E-state index in [9.17, 15) is 4.79 Å². The third-order valence-corrected chi connectivity index (χ3v) is 2.89. The van der Waals surface area contributed by atoms with Crippen LogP contribution in [-0.4, -0.2) is 5.78 Å². The molecule has 0 atom stereocenters. The second kappa shape index (κ2) is 4.14. The standard InChI is InChI=1S/C12H10BrNO2/c1-7-4-8(6-16-7)12(15)10-3-2-9(14)5-11(10)13/h2-6H,14H2,1H3. The molecule has 0 saturated heterocycles. The van der Waals surface area contributed by atoms with E-state index in [0.717, 1.165) is 5.76 Å². The fourth-order valence-electron chi connectivity index (χ4n) is 1.43. The highest BCUT2D eigenvalue weighted by Crippen LogP contribution is 2.23. The van der Waals surface area contributed by atoms with Gasteiger partial charge in [0.25, 0.3) is 0 Å². The van der Waals surface area contributed by atoms with Gasteiger partial charge in [-0.25, -0.2) is 0 Å². The molecule has 82 valence electrons. The Bertz CT molecular complexity index is 546. The van der Waals surface area contributed by atoms with Crippen LogP contribution in [-0.2, 0) is 0 Å². The number of hydrogen-bond acceptors (Lipinski definition) is 3. The van der Waals surface area contributed by atoms with E-state index in [4.69, 9.17) is 10.2 Å². The molecule has 3 nitrogen and oxygen atoms in total. The van der Waals surface area contributed by atoms with E-state index in [2.05, 4.69) is 15.9 Å². The largest absolute Gasteiger partial charge is 0.469 e. The van der Waals surface area contributed by atoms with Gasteiger partial charge in [-0.15, -0.1) is 0 Å². The van der Waals surface area contributed by atoms with Gasteiger partial charge in [0.2, 0.25) is 0 Å². The lowest BCUT2D eigenvalue weighted by Gasteiger charge is -2.02. The van der Waals surface area contributed by atoms with Crippen LogP contribution in [0.15, 0.2) is 39.4 Å². The number of nitrogen functional groups attached to an aromatic ring is 1. The summed E-state index contributed by atoms with van der Waals surface area (Å²) in [5.41, 5.74) is 7.35. The van der Waals surface area contributed by atoms with Crippen LogP contribution in [0.5, 0.6) is 0 Å². The van der Waals surface area contributed by atoms with Gasteiger partial charge in [0.15, 0.2) is 5.78 Å². The first-order valence-electron chi connectivity index (χ1n) is 4.73. The van der Waals surface area contributed by atoms with E-state index in [1.807, 2.05) is 0 Å². The Morgan fingerprint density at radius 1 is 1.38 bits per heavy atom. The molecule has 0 fully saturated rings. The van der Waals surface area contributed by atoms with Crippen LogP contribution in [0.2, 0.25) is 0 Å². The lowest BCUT2D eigenvalue weighted by atomic mass is 10.1. The Labute approximate surface area is 101 Å². The lowest BCUT2D eigenvalue weighted by Crippen LogP contribution is -2.01. The van der Waals surface area contributed by atoms with E-state index in [1.165, 1.54) is 6.26 Å². The fourth-order valence-corrected chi connectivity index (χ4v) is 2.01. The number of benzene rings is 1. The highest BCUT2D eigenvalue weighted by atomic mass is 79.9. The van der Waals surface area contributed by atoms with Crippen LogP contribution in [0.3, 0.4) is 0 Å². The summed E-state index contributed by atoms with van der Waals surface area (Å²) < 4.78 is 5.80. The van der Waals surface area contributed by atoms with Gasteiger partial charge in [-0.05, 0) is 47.1 Å². The third kappa shape index (κ3) is 2.02. The summed E-state index contributed by atoms with van der Waals surface area (Å²) in [5, 5.41) is 0. The van der Waals surface area contributed by atoms with Gasteiger partial charge in [-0.2, -0.15) is 0 Å². The zero-order valence-corrected chi connectivity index (χ0v) is 10.2. The number of anilines is 1. The van der Waals surface area contributed by atoms with Crippen molar-refractivity contribution in [2.75, 3.05) is 5.73 Å². The topological polar surface area (TPSA) is 56.2 Å². The van der Waals surface area contributed by atoms with Crippen molar-refractivity contribution in [3.63, 3.8) is 0 Å². The lowest BCUT2D eigenvalue weighted by molar-refractivity contribution is 0.103. The highest BCUT2D eigenvalue weighted by molar-refractivity contribution is 9.10. The number of furan rings is 1. The van der Waals surface area contributed by atoms with E-state index in [0.29, 0.717) is 21.3 Å². The van der Waals surface area contributed by atoms with Crippen LogP contribution < -0.4 is 5.73 Å². The van der Waals surface area contributed by atoms with E-state index >= 15 is 0 Å². The maximum atomic E-state index is 12.1.